The summed E-state index contributed by atoms with van der Waals surface area (Å²) in [4.78, 5) is 4.47. The Balaban J connectivity index is 1.72. The van der Waals surface area contributed by atoms with Crippen LogP contribution < -0.4 is 0 Å². The summed E-state index contributed by atoms with van der Waals surface area (Å²) in [6, 6.07) is 10.5. The molecule has 1 N–H and O–H groups in total. The molecule has 0 fully saturated rings. The molecule has 1 aliphatic carbocycles. The molecule has 4 nitrogen and oxygen atoms in total. The molecule has 0 saturated carbocycles. The number of aryl methyl sites for hydroxylation is 4. The minimum absolute atomic E-state index is 0.275. The van der Waals surface area contributed by atoms with Gasteiger partial charge in [-0.3, -0.25) is 4.57 Å². The van der Waals surface area contributed by atoms with Gasteiger partial charge in [0.15, 0.2) is 5.16 Å². The maximum atomic E-state index is 10.7. The number of imidazole rings is 1. The Kier molecular flexibility index (Phi) is 4.66. The van der Waals surface area contributed by atoms with Crippen molar-refractivity contribution < 1.29 is 5.11 Å². The van der Waals surface area contributed by atoms with Crippen molar-refractivity contribution in [2.24, 2.45) is 7.05 Å². The number of hydrogen-bond donors (Lipinski definition) is 2. The minimum atomic E-state index is 0.275. The lowest BCUT2D eigenvalue weighted by Gasteiger charge is -2.14. The van der Waals surface area contributed by atoms with Crippen LogP contribution in [-0.2, 0) is 26.3 Å². The van der Waals surface area contributed by atoms with Gasteiger partial charge in [-0.05, 0) is 86.1 Å². The van der Waals surface area contributed by atoms with Crippen LogP contribution in [0.15, 0.2) is 41.7 Å². The highest BCUT2D eigenvalue weighted by molar-refractivity contribution is 7.80. The smallest absolute Gasteiger partial charge is 0.169 e. The number of nitrogens with zero attached hydrogens (tertiary/aromatic N) is 3. The summed E-state index contributed by atoms with van der Waals surface area (Å²) in [6.07, 6.45) is 7.53. The Bertz CT molecular complexity index is 1280. The Morgan fingerprint density at radius 1 is 1.13 bits per heavy atom. The van der Waals surface area contributed by atoms with E-state index in [1.165, 1.54) is 40.6 Å². The Morgan fingerprint density at radius 2 is 1.93 bits per heavy atom. The lowest BCUT2D eigenvalue weighted by atomic mass is 9.95. The number of rotatable bonds is 3. The summed E-state index contributed by atoms with van der Waals surface area (Å²) in [5, 5.41) is 12.6. The second-order valence-electron chi connectivity index (χ2n) is 8.32. The molecule has 154 valence electrons. The van der Waals surface area contributed by atoms with Gasteiger partial charge in [-0.1, -0.05) is 6.92 Å². The average Bonchev–Trinajstić information content (AvgIpc) is 3.26. The fourth-order valence-electron chi connectivity index (χ4n) is 5.00. The summed E-state index contributed by atoms with van der Waals surface area (Å²) in [6.45, 7) is 4.17. The van der Waals surface area contributed by atoms with E-state index in [-0.39, 0.29) is 5.75 Å². The third-order valence-electron chi connectivity index (χ3n) is 6.62. The molecule has 30 heavy (non-hydrogen) atoms. The summed E-state index contributed by atoms with van der Waals surface area (Å²) in [5.74, 6) is 0.275. The summed E-state index contributed by atoms with van der Waals surface area (Å²) < 4.78 is 4.39. The van der Waals surface area contributed by atoms with Crippen molar-refractivity contribution in [1.29, 1.82) is 0 Å². The van der Waals surface area contributed by atoms with Gasteiger partial charge in [0, 0.05) is 34.9 Å². The van der Waals surface area contributed by atoms with Crippen LogP contribution in [0.4, 0.5) is 0 Å². The third kappa shape index (κ3) is 2.87. The van der Waals surface area contributed by atoms with Gasteiger partial charge < -0.3 is 9.67 Å². The van der Waals surface area contributed by atoms with Gasteiger partial charge in [0.25, 0.3) is 0 Å². The molecule has 0 radical (unpaired) electrons. The van der Waals surface area contributed by atoms with Crippen LogP contribution in [0.1, 0.15) is 42.1 Å². The largest absolute Gasteiger partial charge is 0.507 e. The number of phenols is 1. The van der Waals surface area contributed by atoms with Crippen LogP contribution in [0.3, 0.4) is 0 Å². The average molecular weight is 418 g/mol. The fourth-order valence-corrected chi connectivity index (χ4v) is 5.28. The molecular weight excluding hydrogens is 390 g/mol. The van der Waals surface area contributed by atoms with Crippen molar-refractivity contribution in [3.05, 3.63) is 58.9 Å². The lowest BCUT2D eigenvalue weighted by Crippen LogP contribution is -2.04. The number of benzene rings is 2. The van der Waals surface area contributed by atoms with E-state index in [1.807, 2.05) is 17.6 Å². The van der Waals surface area contributed by atoms with Crippen molar-refractivity contribution >= 4 is 23.5 Å². The second-order valence-corrected chi connectivity index (χ2v) is 8.72. The lowest BCUT2D eigenvalue weighted by molar-refractivity contribution is 0.476. The molecule has 2 aromatic heterocycles. The standard InChI is InChI=1S/C25H27N3OS/c1-4-16-12-20(24(29)11-15(16)2)23-14-26-25(30)28(23)17-9-10-22-19(13-17)18-7-5-6-8-21(18)27(22)3/h9-14,29H,4-8H2,1-3H3,(H,26,30). The number of aromatic hydroxyl groups is 1. The molecule has 0 spiro atoms. The Labute approximate surface area is 182 Å². The molecule has 5 rings (SSSR count). The van der Waals surface area contributed by atoms with Crippen LogP contribution in [-0.4, -0.2) is 19.2 Å². The maximum absolute atomic E-state index is 10.7. The van der Waals surface area contributed by atoms with Crippen molar-refractivity contribution in [3.63, 3.8) is 0 Å². The van der Waals surface area contributed by atoms with Gasteiger partial charge in [0.1, 0.15) is 5.75 Å². The summed E-state index contributed by atoms with van der Waals surface area (Å²) in [5.41, 5.74) is 9.23. The van der Waals surface area contributed by atoms with Crippen molar-refractivity contribution in [2.45, 2.75) is 51.1 Å². The number of phenolic OH excluding ortho intramolecular Hbond substituents is 1. The molecule has 4 aromatic rings. The highest BCUT2D eigenvalue weighted by Crippen LogP contribution is 2.37. The van der Waals surface area contributed by atoms with Crippen LogP contribution in [0.25, 0.3) is 27.8 Å². The molecule has 2 heterocycles. The minimum Gasteiger partial charge on any atom is -0.507 e. The molecule has 0 bridgehead atoms. The Morgan fingerprint density at radius 3 is 2.73 bits per heavy atom. The highest BCUT2D eigenvalue weighted by atomic mass is 32.1. The number of fused-ring (bicyclic) bond motifs is 3. The molecule has 5 heteroatoms. The zero-order valence-electron chi connectivity index (χ0n) is 17.7. The molecule has 0 amide bonds. The predicted molar refractivity (Wildman–Crippen MR) is 125 cm³/mol. The highest BCUT2D eigenvalue weighted by Gasteiger charge is 2.21. The molecule has 0 unspecified atom stereocenters. The third-order valence-corrected chi connectivity index (χ3v) is 6.94. The molecule has 0 saturated heterocycles. The van der Waals surface area contributed by atoms with E-state index in [0.717, 1.165) is 41.8 Å². The quantitative estimate of drug-likeness (QED) is 0.415. The van der Waals surface area contributed by atoms with Gasteiger partial charge in [0.05, 0.1) is 11.9 Å². The van der Waals surface area contributed by atoms with Crippen molar-refractivity contribution in [1.82, 2.24) is 14.1 Å². The predicted octanol–water partition coefficient (Wildman–Crippen LogP) is 5.77. The number of thiol groups is 1. The van der Waals surface area contributed by atoms with Crippen molar-refractivity contribution in [2.75, 3.05) is 0 Å². The SMILES string of the molecule is CCc1cc(-c2cnc(S)n2-c2ccc3c(c2)c2c(n3C)CCCC2)c(O)cc1C. The van der Waals surface area contributed by atoms with Gasteiger partial charge in [-0.15, -0.1) is 12.6 Å². The number of hydrogen-bond acceptors (Lipinski definition) is 3. The van der Waals surface area contributed by atoms with Gasteiger partial charge in [-0.25, -0.2) is 4.98 Å². The van der Waals surface area contributed by atoms with E-state index in [1.54, 1.807) is 6.20 Å². The monoisotopic (exact) mass is 417 g/mol. The van der Waals surface area contributed by atoms with E-state index >= 15 is 0 Å². The van der Waals surface area contributed by atoms with E-state index in [4.69, 9.17) is 0 Å². The first kappa shape index (κ1) is 19.3. The first-order valence-electron chi connectivity index (χ1n) is 10.7. The van der Waals surface area contributed by atoms with Gasteiger partial charge >= 0.3 is 0 Å². The summed E-state index contributed by atoms with van der Waals surface area (Å²) in [7, 11) is 2.18. The topological polar surface area (TPSA) is 43.0 Å². The van der Waals surface area contributed by atoms with Crippen molar-refractivity contribution in [3.8, 4) is 22.7 Å². The first-order valence-corrected chi connectivity index (χ1v) is 11.1. The van der Waals surface area contributed by atoms with E-state index in [2.05, 4.69) is 60.4 Å². The Hall–Kier alpha value is -2.66. The second kappa shape index (κ2) is 7.24. The number of aromatic nitrogens is 3. The van der Waals surface area contributed by atoms with Crippen LogP contribution in [0, 0.1) is 6.92 Å². The molecular formula is C25H27N3OS. The maximum Gasteiger partial charge on any atom is 0.169 e. The van der Waals surface area contributed by atoms with E-state index in [0.29, 0.717) is 5.16 Å². The van der Waals surface area contributed by atoms with Crippen LogP contribution >= 0.6 is 12.6 Å². The van der Waals surface area contributed by atoms with Crippen LogP contribution in [0.5, 0.6) is 5.75 Å². The summed E-state index contributed by atoms with van der Waals surface area (Å²) >= 11 is 4.65. The van der Waals surface area contributed by atoms with E-state index < -0.39 is 0 Å². The molecule has 0 aliphatic heterocycles. The van der Waals surface area contributed by atoms with Gasteiger partial charge in [0.2, 0.25) is 0 Å². The molecule has 2 aromatic carbocycles. The first-order chi connectivity index (χ1) is 14.5. The zero-order chi connectivity index (χ0) is 21.0. The zero-order valence-corrected chi connectivity index (χ0v) is 18.6. The van der Waals surface area contributed by atoms with Crippen LogP contribution in [0.2, 0.25) is 0 Å². The molecule has 1 aliphatic rings. The fraction of sp³-hybridized carbons (Fsp3) is 0.320. The van der Waals surface area contributed by atoms with Gasteiger partial charge in [-0.2, -0.15) is 0 Å². The van der Waals surface area contributed by atoms with E-state index in [9.17, 15) is 5.11 Å². The normalized spacial score (nSPS) is 13.7. The molecule has 0 atom stereocenters.